The van der Waals surface area contributed by atoms with Gasteiger partial charge in [-0.3, -0.25) is 0 Å². The number of nitriles is 1. The summed E-state index contributed by atoms with van der Waals surface area (Å²) in [7, 11) is 2.12. The maximum absolute atomic E-state index is 13.5. The number of nitrogens with one attached hydrogen (secondary N) is 1. The molecule has 96 valence electrons. The number of likely N-dealkylation sites (N-methyl/N-ethyl adjacent to an activating group) is 1. The van der Waals surface area contributed by atoms with Crippen molar-refractivity contribution in [3.8, 4) is 6.07 Å². The number of likely N-dealkylation sites (tertiary alicyclic amines) is 1. The van der Waals surface area contributed by atoms with Crippen LogP contribution in [0, 0.1) is 17.1 Å². The topological polar surface area (TPSA) is 39.1 Å². The maximum Gasteiger partial charge on any atom is 0.127 e. The Bertz CT molecular complexity index is 453. The van der Waals surface area contributed by atoms with Crippen molar-refractivity contribution in [1.29, 1.82) is 5.26 Å². The fraction of sp³-hybridized carbons (Fsp3) is 0.500. The lowest BCUT2D eigenvalue weighted by molar-refractivity contribution is 0.300. The highest BCUT2D eigenvalue weighted by molar-refractivity contribution is 5.33. The molecule has 4 heteroatoms. The van der Waals surface area contributed by atoms with Crippen LogP contribution in [0.2, 0.25) is 0 Å². The molecule has 2 rings (SSSR count). The second-order valence-electron chi connectivity index (χ2n) is 4.83. The molecule has 1 heterocycles. The summed E-state index contributed by atoms with van der Waals surface area (Å²) in [4.78, 5) is 2.33. The van der Waals surface area contributed by atoms with Crippen LogP contribution in [0.25, 0.3) is 0 Å². The summed E-state index contributed by atoms with van der Waals surface area (Å²) in [5.74, 6) is -0.249. The summed E-state index contributed by atoms with van der Waals surface area (Å²) in [5.41, 5.74) is 1.07. The molecule has 0 bridgehead atoms. The highest BCUT2D eigenvalue weighted by Crippen LogP contribution is 2.14. The van der Waals surface area contributed by atoms with Crippen LogP contribution >= 0.6 is 0 Å². The van der Waals surface area contributed by atoms with Crippen molar-refractivity contribution in [1.82, 2.24) is 10.2 Å². The van der Waals surface area contributed by atoms with Crippen molar-refractivity contribution in [3.63, 3.8) is 0 Å². The number of rotatable bonds is 4. The van der Waals surface area contributed by atoms with Crippen LogP contribution in [-0.2, 0) is 6.54 Å². The summed E-state index contributed by atoms with van der Waals surface area (Å²) >= 11 is 0. The number of nitrogens with zero attached hydrogens (tertiary/aromatic N) is 2. The monoisotopic (exact) mass is 247 g/mol. The van der Waals surface area contributed by atoms with Gasteiger partial charge in [0.2, 0.25) is 0 Å². The fourth-order valence-corrected chi connectivity index (χ4v) is 2.39. The van der Waals surface area contributed by atoms with E-state index in [2.05, 4.69) is 17.3 Å². The minimum atomic E-state index is -0.249. The Hall–Kier alpha value is -1.44. The molecule has 1 fully saturated rings. The van der Waals surface area contributed by atoms with Gasteiger partial charge in [-0.05, 0) is 44.6 Å². The number of hydrogen-bond acceptors (Lipinski definition) is 3. The zero-order chi connectivity index (χ0) is 13.0. The van der Waals surface area contributed by atoms with Gasteiger partial charge in [0.1, 0.15) is 5.82 Å². The van der Waals surface area contributed by atoms with Gasteiger partial charge in [0.25, 0.3) is 0 Å². The molecular formula is C14H18FN3. The van der Waals surface area contributed by atoms with Crippen molar-refractivity contribution in [2.45, 2.75) is 25.4 Å². The van der Waals surface area contributed by atoms with Gasteiger partial charge in [-0.25, -0.2) is 4.39 Å². The lowest BCUT2D eigenvalue weighted by atomic mass is 10.1. The van der Waals surface area contributed by atoms with Crippen molar-refractivity contribution in [3.05, 3.63) is 35.1 Å². The smallest absolute Gasteiger partial charge is 0.127 e. The van der Waals surface area contributed by atoms with E-state index in [0.29, 0.717) is 23.7 Å². The second kappa shape index (κ2) is 5.94. The number of benzene rings is 1. The van der Waals surface area contributed by atoms with Crippen molar-refractivity contribution in [2.24, 2.45) is 0 Å². The van der Waals surface area contributed by atoms with Crippen LogP contribution in [0.15, 0.2) is 18.2 Å². The van der Waals surface area contributed by atoms with Gasteiger partial charge in [0.05, 0.1) is 11.6 Å². The first kappa shape index (κ1) is 13.0. The molecule has 0 radical (unpaired) electrons. The predicted octanol–water partition coefficient (Wildman–Crippen LogP) is 1.88. The molecule has 1 saturated heterocycles. The van der Waals surface area contributed by atoms with E-state index < -0.39 is 0 Å². The summed E-state index contributed by atoms with van der Waals surface area (Å²) < 4.78 is 13.5. The molecule has 0 spiro atoms. The molecule has 1 aromatic carbocycles. The zero-order valence-corrected chi connectivity index (χ0v) is 10.6. The molecule has 18 heavy (non-hydrogen) atoms. The van der Waals surface area contributed by atoms with Gasteiger partial charge in [0.15, 0.2) is 0 Å². The first-order valence-corrected chi connectivity index (χ1v) is 6.30. The minimum Gasteiger partial charge on any atom is -0.311 e. The third kappa shape index (κ3) is 3.06. The van der Waals surface area contributed by atoms with Crippen LogP contribution in [0.5, 0.6) is 0 Å². The SMILES string of the molecule is CN1CCCC1CNCc1cc(C#N)ccc1F. The average Bonchev–Trinajstić information content (AvgIpc) is 2.77. The van der Waals surface area contributed by atoms with E-state index in [0.717, 1.165) is 13.1 Å². The highest BCUT2D eigenvalue weighted by Gasteiger charge is 2.19. The van der Waals surface area contributed by atoms with E-state index in [1.165, 1.54) is 25.0 Å². The normalized spacial score (nSPS) is 19.9. The lowest BCUT2D eigenvalue weighted by Gasteiger charge is -2.19. The van der Waals surface area contributed by atoms with Gasteiger partial charge in [-0.2, -0.15) is 5.26 Å². The molecule has 0 aromatic heterocycles. The largest absolute Gasteiger partial charge is 0.311 e. The average molecular weight is 247 g/mol. The summed E-state index contributed by atoms with van der Waals surface area (Å²) in [6.07, 6.45) is 2.44. The van der Waals surface area contributed by atoms with E-state index in [1.807, 2.05) is 6.07 Å². The summed E-state index contributed by atoms with van der Waals surface area (Å²) in [5, 5.41) is 12.1. The molecule has 1 aliphatic rings. The van der Waals surface area contributed by atoms with Gasteiger partial charge >= 0.3 is 0 Å². The second-order valence-corrected chi connectivity index (χ2v) is 4.83. The molecule has 0 aliphatic carbocycles. The highest BCUT2D eigenvalue weighted by atomic mass is 19.1. The summed E-state index contributed by atoms with van der Waals surface area (Å²) in [6.45, 7) is 2.49. The van der Waals surface area contributed by atoms with Crippen LogP contribution < -0.4 is 5.32 Å². The molecular weight excluding hydrogens is 229 g/mol. The number of hydrogen-bond donors (Lipinski definition) is 1. The Kier molecular flexibility index (Phi) is 4.29. The van der Waals surface area contributed by atoms with E-state index in [4.69, 9.17) is 5.26 Å². The maximum atomic E-state index is 13.5. The van der Waals surface area contributed by atoms with Gasteiger partial charge in [0, 0.05) is 24.7 Å². The minimum absolute atomic E-state index is 0.249. The van der Waals surface area contributed by atoms with Crippen LogP contribution in [-0.4, -0.2) is 31.1 Å². The fourth-order valence-electron chi connectivity index (χ4n) is 2.39. The van der Waals surface area contributed by atoms with E-state index in [9.17, 15) is 4.39 Å². The molecule has 1 atom stereocenters. The Labute approximate surface area is 107 Å². The first-order valence-electron chi connectivity index (χ1n) is 6.30. The predicted molar refractivity (Wildman–Crippen MR) is 68.5 cm³/mol. The van der Waals surface area contributed by atoms with Gasteiger partial charge in [-0.1, -0.05) is 0 Å². The van der Waals surface area contributed by atoms with E-state index >= 15 is 0 Å². The lowest BCUT2D eigenvalue weighted by Crippen LogP contribution is -2.35. The molecule has 1 aliphatic heterocycles. The Morgan fingerprint density at radius 1 is 1.56 bits per heavy atom. The molecule has 1 aromatic rings. The molecule has 0 amide bonds. The Morgan fingerprint density at radius 3 is 3.06 bits per heavy atom. The van der Waals surface area contributed by atoms with Crippen LogP contribution in [0.1, 0.15) is 24.0 Å². The van der Waals surface area contributed by atoms with Crippen molar-refractivity contribution >= 4 is 0 Å². The third-order valence-electron chi connectivity index (χ3n) is 3.54. The van der Waals surface area contributed by atoms with Crippen molar-refractivity contribution < 1.29 is 4.39 Å². The molecule has 0 saturated carbocycles. The quantitative estimate of drug-likeness (QED) is 0.883. The Morgan fingerprint density at radius 2 is 2.39 bits per heavy atom. The van der Waals surface area contributed by atoms with E-state index in [-0.39, 0.29) is 5.82 Å². The zero-order valence-electron chi connectivity index (χ0n) is 10.6. The number of halogens is 1. The van der Waals surface area contributed by atoms with Gasteiger partial charge < -0.3 is 10.2 Å². The first-order chi connectivity index (χ1) is 8.70. The van der Waals surface area contributed by atoms with Crippen LogP contribution in [0.4, 0.5) is 4.39 Å². The molecule has 1 N–H and O–H groups in total. The van der Waals surface area contributed by atoms with Crippen molar-refractivity contribution in [2.75, 3.05) is 20.1 Å². The van der Waals surface area contributed by atoms with Crippen LogP contribution in [0.3, 0.4) is 0 Å². The van der Waals surface area contributed by atoms with E-state index in [1.54, 1.807) is 6.07 Å². The Balaban J connectivity index is 1.88. The molecule has 1 unspecified atom stereocenters. The molecule has 3 nitrogen and oxygen atoms in total. The summed E-state index contributed by atoms with van der Waals surface area (Å²) in [6, 6.07) is 7.05. The third-order valence-corrected chi connectivity index (χ3v) is 3.54. The van der Waals surface area contributed by atoms with Gasteiger partial charge in [-0.15, -0.1) is 0 Å². The standard InChI is InChI=1S/C14H18FN3/c1-18-6-2-3-13(18)10-17-9-12-7-11(8-16)4-5-14(12)15/h4-5,7,13,17H,2-3,6,9-10H2,1H3.